The van der Waals surface area contributed by atoms with Crippen LogP contribution >= 0.6 is 0 Å². The van der Waals surface area contributed by atoms with Gasteiger partial charge in [0.2, 0.25) is 0 Å². The van der Waals surface area contributed by atoms with Crippen molar-refractivity contribution in [3.63, 3.8) is 0 Å². The molecular weight excluding hydrogens is 877 g/mol. The second-order valence-corrected chi connectivity index (χ2v) is 14.3. The molecule has 0 radical (unpaired) electrons. The summed E-state index contributed by atoms with van der Waals surface area (Å²) in [5.41, 5.74) is 4.99. The van der Waals surface area contributed by atoms with Gasteiger partial charge in [0.05, 0.1) is 17.3 Å². The van der Waals surface area contributed by atoms with Crippen molar-refractivity contribution in [1.29, 1.82) is 0 Å². The van der Waals surface area contributed by atoms with Gasteiger partial charge >= 0.3 is 35.8 Å². The summed E-state index contributed by atoms with van der Waals surface area (Å²) in [5, 5.41) is 8.97. The highest BCUT2D eigenvalue weighted by molar-refractivity contribution is 6.24. The summed E-state index contributed by atoms with van der Waals surface area (Å²) >= 11 is 0. The van der Waals surface area contributed by atoms with Crippen molar-refractivity contribution in [3.8, 4) is 34.1 Å². The zero-order valence-corrected chi connectivity index (χ0v) is 36.7. The van der Waals surface area contributed by atoms with Crippen LogP contribution in [-0.4, -0.2) is 86.4 Å². The van der Waals surface area contributed by atoms with Gasteiger partial charge in [-0.05, 0) is 77.9 Å². The number of nitrogens with zero attached hydrogens (tertiary/aromatic N) is 2. The van der Waals surface area contributed by atoms with Crippen LogP contribution in [0, 0.1) is 0 Å². The Hall–Kier alpha value is -8.92. The second kappa shape index (κ2) is 23.8. The topological polar surface area (TPSA) is 201 Å². The molecule has 0 N–H and O–H groups in total. The second-order valence-electron chi connectivity index (χ2n) is 14.3. The molecular formula is C52H44N2O14. The fourth-order valence-corrected chi connectivity index (χ4v) is 6.29. The predicted molar refractivity (Wildman–Crippen MR) is 248 cm³/mol. The average Bonchev–Trinajstić information content (AvgIpc) is 3.69. The molecule has 0 saturated heterocycles. The maximum absolute atomic E-state index is 13.5. The summed E-state index contributed by atoms with van der Waals surface area (Å²) in [6.07, 6.45) is 2.56. The van der Waals surface area contributed by atoms with E-state index in [1.165, 1.54) is 72.9 Å². The Labute approximate surface area is 390 Å². The first-order chi connectivity index (χ1) is 33.0. The average molecular weight is 921 g/mol. The van der Waals surface area contributed by atoms with Gasteiger partial charge in [-0.1, -0.05) is 75.2 Å². The molecule has 2 unspecified atom stereocenters. The molecule has 2 atom stereocenters. The minimum absolute atomic E-state index is 0.0657. The van der Waals surface area contributed by atoms with Crippen molar-refractivity contribution >= 4 is 47.7 Å². The molecule has 0 aliphatic heterocycles. The summed E-state index contributed by atoms with van der Waals surface area (Å²) < 4.78 is 43.5. The van der Waals surface area contributed by atoms with Gasteiger partial charge in [0, 0.05) is 41.3 Å². The van der Waals surface area contributed by atoms with E-state index in [1.807, 2.05) is 48.5 Å². The number of hydrogen-bond donors (Lipinski definition) is 0. The smallest absolute Gasteiger partial charge is 0.343 e. The summed E-state index contributed by atoms with van der Waals surface area (Å²) in [7, 11) is 0. The summed E-state index contributed by atoms with van der Waals surface area (Å²) in [6, 6.07) is 31.9. The number of esters is 6. The number of fused-ring (bicyclic) bond motifs is 3. The summed E-state index contributed by atoms with van der Waals surface area (Å²) in [4.78, 5) is 73.7. The first-order valence-corrected chi connectivity index (χ1v) is 20.9. The van der Waals surface area contributed by atoms with Crippen molar-refractivity contribution in [2.75, 3.05) is 26.4 Å². The molecule has 5 aromatic rings. The minimum Gasteiger partial charge on any atom is -0.490 e. The summed E-state index contributed by atoms with van der Waals surface area (Å²) in [6.45, 7) is 10.8. The van der Waals surface area contributed by atoms with Gasteiger partial charge in [-0.3, -0.25) is 4.79 Å². The number of rotatable bonds is 22. The van der Waals surface area contributed by atoms with Gasteiger partial charge in [0.15, 0.2) is 12.2 Å². The molecule has 0 heterocycles. The Bertz CT molecular complexity index is 2710. The third-order valence-corrected chi connectivity index (χ3v) is 9.65. The van der Waals surface area contributed by atoms with Crippen LogP contribution in [-0.2, 0) is 38.1 Å². The van der Waals surface area contributed by atoms with Crippen LogP contribution in [0.1, 0.15) is 50.8 Å². The van der Waals surface area contributed by atoms with E-state index < -0.39 is 48.0 Å². The van der Waals surface area contributed by atoms with E-state index in [9.17, 15) is 28.8 Å². The molecule has 0 spiro atoms. The highest BCUT2D eigenvalue weighted by atomic mass is 16.6. The number of benzene rings is 5. The van der Waals surface area contributed by atoms with E-state index in [0.717, 1.165) is 40.5 Å². The first-order valence-electron chi connectivity index (χ1n) is 20.9. The lowest BCUT2D eigenvalue weighted by molar-refractivity contribution is -0.158. The normalized spacial score (nSPS) is 11.9. The molecule has 16 nitrogen and oxygen atoms in total. The van der Waals surface area contributed by atoms with Crippen LogP contribution in [0.2, 0.25) is 0 Å². The molecule has 0 saturated carbocycles. The maximum atomic E-state index is 13.5. The van der Waals surface area contributed by atoms with Crippen molar-refractivity contribution in [2.45, 2.75) is 25.6 Å². The molecule has 0 amide bonds. The van der Waals surface area contributed by atoms with Crippen LogP contribution in [0.4, 0.5) is 0 Å². The van der Waals surface area contributed by atoms with Gasteiger partial charge in [-0.25, -0.2) is 24.0 Å². The van der Waals surface area contributed by atoms with Crippen molar-refractivity contribution in [3.05, 3.63) is 181 Å². The summed E-state index contributed by atoms with van der Waals surface area (Å²) in [5.74, 6) is -3.31. The van der Waals surface area contributed by atoms with Gasteiger partial charge in [0.1, 0.15) is 55.1 Å². The lowest BCUT2D eigenvalue weighted by Crippen LogP contribution is -2.30. The van der Waals surface area contributed by atoms with Gasteiger partial charge in [-0.15, -0.1) is 5.10 Å². The highest BCUT2D eigenvalue weighted by Crippen LogP contribution is 2.37. The molecule has 5 aromatic carbocycles. The van der Waals surface area contributed by atoms with E-state index in [0.29, 0.717) is 17.2 Å². The van der Waals surface area contributed by atoms with Gasteiger partial charge in [-0.2, -0.15) is 5.10 Å². The molecule has 68 heavy (non-hydrogen) atoms. The van der Waals surface area contributed by atoms with Crippen LogP contribution < -0.4 is 18.9 Å². The molecule has 1 aliphatic rings. The lowest BCUT2D eigenvalue weighted by atomic mass is 10.1. The molecule has 1 aliphatic carbocycles. The molecule has 0 aromatic heterocycles. The van der Waals surface area contributed by atoms with E-state index >= 15 is 0 Å². The molecule has 0 fully saturated rings. The van der Waals surface area contributed by atoms with Crippen LogP contribution in [0.25, 0.3) is 11.1 Å². The Morgan fingerprint density at radius 3 is 1.51 bits per heavy atom. The van der Waals surface area contributed by atoms with Crippen molar-refractivity contribution < 1.29 is 66.7 Å². The van der Waals surface area contributed by atoms with Gasteiger partial charge in [0.25, 0.3) is 0 Å². The lowest BCUT2D eigenvalue weighted by Gasteiger charge is -2.18. The standard InChI is InChI=1S/C52H44N2O14/c1-5-46(55)63-31-39(65-48(57)7-3)29-61-36-21-17-33(18-22-36)51(59)67-38-25-26-45(35(27-38)28-53-54-50-43-15-11-9-13-41(43)42-14-10-12-16-44(42)50)68-52(60)34-19-23-37(24-20-34)62-30-40(66-49(58)8-4)32-64-47(56)6-2/h5-6,8-28,39-40H,1-2,4,7,29-32H2,3H3/b53-28+. The Morgan fingerprint density at radius 1 is 0.544 bits per heavy atom. The van der Waals surface area contributed by atoms with E-state index in [1.54, 1.807) is 6.92 Å². The largest absolute Gasteiger partial charge is 0.490 e. The first kappa shape index (κ1) is 48.5. The number of carbonyl (C=O) groups excluding carboxylic acids is 6. The minimum atomic E-state index is -0.965. The third kappa shape index (κ3) is 13.3. The zero-order chi connectivity index (χ0) is 48.4. The maximum Gasteiger partial charge on any atom is 0.343 e. The molecule has 346 valence electrons. The van der Waals surface area contributed by atoms with Crippen LogP contribution in [0.5, 0.6) is 23.0 Å². The Morgan fingerprint density at radius 2 is 1.01 bits per heavy atom. The van der Waals surface area contributed by atoms with Gasteiger partial charge < -0.3 is 37.9 Å². The highest BCUT2D eigenvalue weighted by Gasteiger charge is 2.24. The molecule has 6 rings (SSSR count). The Kier molecular flexibility index (Phi) is 17.0. The van der Waals surface area contributed by atoms with E-state index in [2.05, 4.69) is 29.9 Å². The zero-order valence-electron chi connectivity index (χ0n) is 36.7. The third-order valence-electron chi connectivity index (χ3n) is 9.65. The number of ether oxygens (including phenoxy) is 8. The van der Waals surface area contributed by atoms with Crippen molar-refractivity contribution in [1.82, 2.24) is 0 Å². The predicted octanol–water partition coefficient (Wildman–Crippen LogP) is 7.61. The fraction of sp³-hybridized carbons (Fsp3) is 0.154. The monoisotopic (exact) mass is 920 g/mol. The fourth-order valence-electron chi connectivity index (χ4n) is 6.29. The van der Waals surface area contributed by atoms with Crippen molar-refractivity contribution in [2.24, 2.45) is 10.2 Å². The molecule has 16 heteroatoms. The quantitative estimate of drug-likeness (QED) is 0.0161. The van der Waals surface area contributed by atoms with Crippen LogP contribution in [0.3, 0.4) is 0 Å². The molecule has 0 bridgehead atoms. The Balaban J connectivity index is 1.18. The van der Waals surface area contributed by atoms with E-state index in [4.69, 9.17) is 37.9 Å². The van der Waals surface area contributed by atoms with Crippen LogP contribution in [0.15, 0.2) is 163 Å². The SMILES string of the molecule is C=CC(=O)OCC(COc1ccc(C(=O)Oc2ccc(OC(=O)c3ccc(OCC(COC(=O)C=C)OC(=O)CC)cc3)cc2/C=N/N=C2c3ccccc3-c3ccccc32)cc1)OC(=O)C=C. The number of hydrogen-bond acceptors (Lipinski definition) is 16. The number of carbonyl (C=O) groups is 6. The van der Waals surface area contributed by atoms with E-state index in [-0.39, 0.29) is 61.0 Å².